The van der Waals surface area contributed by atoms with Gasteiger partial charge in [0.1, 0.15) is 5.75 Å². The molecule has 0 aliphatic heterocycles. The minimum absolute atomic E-state index is 0.0357. The van der Waals surface area contributed by atoms with Gasteiger partial charge in [-0.1, -0.05) is 11.6 Å². The second-order valence-corrected chi connectivity index (χ2v) is 6.19. The molecule has 100 valence electrons. The van der Waals surface area contributed by atoms with Crippen LogP contribution in [0.3, 0.4) is 0 Å². The van der Waals surface area contributed by atoms with E-state index in [1.165, 1.54) is 37.4 Å². The van der Waals surface area contributed by atoms with Crippen LogP contribution < -0.4 is 10.5 Å². The topological polar surface area (TPSA) is 69.4 Å². The zero-order valence-corrected chi connectivity index (χ0v) is 11.7. The van der Waals surface area contributed by atoms with Gasteiger partial charge in [0.2, 0.25) is 9.84 Å². The number of benzene rings is 2. The Balaban J connectivity index is 2.52. The van der Waals surface area contributed by atoms with Crippen LogP contribution in [0, 0.1) is 0 Å². The van der Waals surface area contributed by atoms with E-state index in [0.29, 0.717) is 11.4 Å². The van der Waals surface area contributed by atoms with Gasteiger partial charge >= 0.3 is 0 Å². The summed E-state index contributed by atoms with van der Waals surface area (Å²) in [5, 5.41) is 0.107. The molecule has 0 saturated heterocycles. The van der Waals surface area contributed by atoms with E-state index in [0.717, 1.165) is 0 Å². The Morgan fingerprint density at radius 2 is 1.74 bits per heavy atom. The van der Waals surface area contributed by atoms with Crippen molar-refractivity contribution in [1.82, 2.24) is 0 Å². The Hall–Kier alpha value is -1.72. The molecule has 0 unspecified atom stereocenters. The van der Waals surface area contributed by atoms with E-state index in [-0.39, 0.29) is 14.8 Å². The quantitative estimate of drug-likeness (QED) is 0.885. The first kappa shape index (κ1) is 13.7. The van der Waals surface area contributed by atoms with E-state index >= 15 is 0 Å². The molecule has 0 aliphatic carbocycles. The molecule has 2 aromatic rings. The highest BCUT2D eigenvalue weighted by molar-refractivity contribution is 7.91. The number of methoxy groups -OCH3 is 1. The molecule has 0 radical (unpaired) electrons. The fourth-order valence-corrected chi connectivity index (χ4v) is 3.42. The van der Waals surface area contributed by atoms with Crippen molar-refractivity contribution in [2.75, 3.05) is 12.8 Å². The normalized spacial score (nSPS) is 11.3. The van der Waals surface area contributed by atoms with Gasteiger partial charge in [0.05, 0.1) is 21.9 Å². The molecular formula is C13H12ClNO3S. The minimum atomic E-state index is -3.65. The number of rotatable bonds is 3. The van der Waals surface area contributed by atoms with Crippen LogP contribution in [0.25, 0.3) is 0 Å². The van der Waals surface area contributed by atoms with Gasteiger partial charge in [0.25, 0.3) is 0 Å². The highest BCUT2D eigenvalue weighted by Crippen LogP contribution is 2.29. The second kappa shape index (κ2) is 5.11. The van der Waals surface area contributed by atoms with E-state index in [4.69, 9.17) is 22.1 Å². The lowest BCUT2D eigenvalue weighted by Gasteiger charge is -2.08. The monoisotopic (exact) mass is 297 g/mol. The second-order valence-electron chi connectivity index (χ2n) is 3.87. The van der Waals surface area contributed by atoms with Gasteiger partial charge in [-0.3, -0.25) is 0 Å². The maximum atomic E-state index is 12.4. The Kier molecular flexibility index (Phi) is 3.68. The Labute approximate surface area is 116 Å². The van der Waals surface area contributed by atoms with Crippen LogP contribution in [-0.2, 0) is 9.84 Å². The zero-order chi connectivity index (χ0) is 14.0. The SMILES string of the molecule is COc1ccc(S(=O)(=O)c2ccc(N)cc2Cl)cc1. The summed E-state index contributed by atoms with van der Waals surface area (Å²) in [6.07, 6.45) is 0. The van der Waals surface area contributed by atoms with E-state index < -0.39 is 9.84 Å². The lowest BCUT2D eigenvalue weighted by Crippen LogP contribution is -2.03. The third kappa shape index (κ3) is 2.67. The highest BCUT2D eigenvalue weighted by Gasteiger charge is 2.20. The maximum Gasteiger partial charge on any atom is 0.208 e. The molecule has 0 aromatic heterocycles. The van der Waals surface area contributed by atoms with Crippen LogP contribution in [0.4, 0.5) is 5.69 Å². The van der Waals surface area contributed by atoms with Crippen LogP contribution in [0.1, 0.15) is 0 Å². The Morgan fingerprint density at radius 1 is 1.11 bits per heavy atom. The van der Waals surface area contributed by atoms with Crippen molar-refractivity contribution in [2.45, 2.75) is 9.79 Å². The first-order valence-electron chi connectivity index (χ1n) is 5.39. The summed E-state index contributed by atoms with van der Waals surface area (Å²) in [6.45, 7) is 0. The van der Waals surface area contributed by atoms with Gasteiger partial charge in [-0.2, -0.15) is 0 Å². The fourth-order valence-electron chi connectivity index (χ4n) is 1.62. The van der Waals surface area contributed by atoms with E-state index in [1.807, 2.05) is 0 Å². The van der Waals surface area contributed by atoms with Crippen molar-refractivity contribution in [3.8, 4) is 5.75 Å². The minimum Gasteiger partial charge on any atom is -0.497 e. The van der Waals surface area contributed by atoms with Crippen LogP contribution in [0.2, 0.25) is 5.02 Å². The van der Waals surface area contributed by atoms with Crippen LogP contribution in [-0.4, -0.2) is 15.5 Å². The number of halogens is 1. The van der Waals surface area contributed by atoms with Gasteiger partial charge in [-0.05, 0) is 42.5 Å². The smallest absolute Gasteiger partial charge is 0.208 e. The van der Waals surface area contributed by atoms with Crippen molar-refractivity contribution in [2.24, 2.45) is 0 Å². The molecule has 2 rings (SSSR count). The summed E-state index contributed by atoms with van der Waals surface area (Å²) in [4.78, 5) is 0.188. The summed E-state index contributed by atoms with van der Waals surface area (Å²) in [6, 6.07) is 10.4. The molecule has 6 heteroatoms. The largest absolute Gasteiger partial charge is 0.497 e. The van der Waals surface area contributed by atoms with Crippen LogP contribution in [0.5, 0.6) is 5.75 Å². The number of ether oxygens (including phenoxy) is 1. The molecule has 4 nitrogen and oxygen atoms in total. The molecule has 0 aliphatic rings. The van der Waals surface area contributed by atoms with Crippen molar-refractivity contribution < 1.29 is 13.2 Å². The molecule has 0 amide bonds. The van der Waals surface area contributed by atoms with Crippen molar-refractivity contribution >= 4 is 27.1 Å². The predicted molar refractivity (Wildman–Crippen MR) is 74.3 cm³/mol. The predicted octanol–water partition coefficient (Wildman–Crippen LogP) is 2.76. The molecule has 0 fully saturated rings. The lowest BCUT2D eigenvalue weighted by atomic mass is 10.3. The summed E-state index contributed by atoms with van der Waals surface area (Å²) >= 11 is 5.94. The van der Waals surface area contributed by atoms with E-state index in [2.05, 4.69) is 0 Å². The third-order valence-corrected chi connectivity index (χ3v) is 4.87. The molecule has 0 spiro atoms. The van der Waals surface area contributed by atoms with E-state index in [9.17, 15) is 8.42 Å². The Morgan fingerprint density at radius 3 is 2.26 bits per heavy atom. The molecule has 0 bridgehead atoms. The van der Waals surface area contributed by atoms with E-state index in [1.54, 1.807) is 12.1 Å². The third-order valence-electron chi connectivity index (χ3n) is 2.62. The molecule has 2 aromatic carbocycles. The fraction of sp³-hybridized carbons (Fsp3) is 0.0769. The number of nitrogens with two attached hydrogens (primary N) is 1. The molecule has 2 N–H and O–H groups in total. The summed E-state index contributed by atoms with van der Waals surface area (Å²) in [5.41, 5.74) is 5.97. The first-order chi connectivity index (χ1) is 8.95. The van der Waals surface area contributed by atoms with Crippen LogP contribution in [0.15, 0.2) is 52.3 Å². The standard InChI is InChI=1S/C13H12ClNO3S/c1-18-10-3-5-11(6-4-10)19(16,17)13-7-2-9(15)8-12(13)14/h2-8H,15H2,1H3. The maximum absolute atomic E-state index is 12.4. The van der Waals surface area contributed by atoms with Gasteiger partial charge in [0.15, 0.2) is 0 Å². The van der Waals surface area contributed by atoms with Crippen molar-refractivity contribution in [3.63, 3.8) is 0 Å². The average molecular weight is 298 g/mol. The summed E-state index contributed by atoms with van der Waals surface area (Å²) in [5.74, 6) is 0.586. The number of sulfone groups is 1. The molecule has 19 heavy (non-hydrogen) atoms. The van der Waals surface area contributed by atoms with Crippen LogP contribution >= 0.6 is 11.6 Å². The summed E-state index contributed by atoms with van der Waals surface area (Å²) in [7, 11) is -2.14. The average Bonchev–Trinajstić information content (AvgIpc) is 2.38. The van der Waals surface area contributed by atoms with Crippen molar-refractivity contribution in [1.29, 1.82) is 0 Å². The van der Waals surface area contributed by atoms with Gasteiger partial charge < -0.3 is 10.5 Å². The van der Waals surface area contributed by atoms with Crippen molar-refractivity contribution in [3.05, 3.63) is 47.5 Å². The number of hydrogen-bond donors (Lipinski definition) is 1. The lowest BCUT2D eigenvalue weighted by molar-refractivity contribution is 0.414. The molecule has 0 atom stereocenters. The Bertz CT molecular complexity index is 696. The highest BCUT2D eigenvalue weighted by atomic mass is 35.5. The number of anilines is 1. The summed E-state index contributed by atoms with van der Waals surface area (Å²) < 4.78 is 29.8. The van der Waals surface area contributed by atoms with Gasteiger partial charge in [-0.15, -0.1) is 0 Å². The number of hydrogen-bond acceptors (Lipinski definition) is 4. The molecule has 0 saturated carbocycles. The molecular weight excluding hydrogens is 286 g/mol. The number of nitrogen functional groups attached to an aromatic ring is 1. The first-order valence-corrected chi connectivity index (χ1v) is 7.25. The molecule has 0 heterocycles. The van der Waals surface area contributed by atoms with Gasteiger partial charge in [-0.25, -0.2) is 8.42 Å². The zero-order valence-electron chi connectivity index (χ0n) is 10.1. The van der Waals surface area contributed by atoms with Gasteiger partial charge in [0, 0.05) is 5.69 Å².